The molecule has 0 unspecified atom stereocenters. The zero-order chi connectivity index (χ0) is 19.3. The molecule has 1 aromatic heterocycles. The van der Waals surface area contributed by atoms with E-state index in [2.05, 4.69) is 37.5 Å². The second-order valence-electron chi connectivity index (χ2n) is 7.67. The van der Waals surface area contributed by atoms with E-state index < -0.39 is 0 Å². The van der Waals surface area contributed by atoms with E-state index in [1.165, 1.54) is 0 Å². The maximum absolute atomic E-state index is 12.6. The van der Waals surface area contributed by atoms with Gasteiger partial charge < -0.3 is 9.80 Å². The van der Waals surface area contributed by atoms with Gasteiger partial charge in [0.05, 0.1) is 5.69 Å². The van der Waals surface area contributed by atoms with Gasteiger partial charge in [-0.05, 0) is 32.0 Å². The van der Waals surface area contributed by atoms with Crippen molar-refractivity contribution in [3.05, 3.63) is 42.5 Å². The number of carbonyl (C=O) groups is 1. The molecule has 4 rings (SSSR count). The molecule has 148 valence electrons. The molecule has 7 heteroatoms. The molecule has 0 spiro atoms. The Kier molecular flexibility index (Phi) is 5.83. The Morgan fingerprint density at radius 2 is 1.64 bits per heavy atom. The van der Waals surface area contributed by atoms with E-state index >= 15 is 0 Å². The lowest BCUT2D eigenvalue weighted by Crippen LogP contribution is -2.54. The predicted molar refractivity (Wildman–Crippen MR) is 110 cm³/mol. The van der Waals surface area contributed by atoms with Crippen LogP contribution in [0.1, 0.15) is 12.8 Å². The Morgan fingerprint density at radius 3 is 2.29 bits per heavy atom. The standard InChI is InChI=1S/C21H28N6O/c1-25-13-15-27(16-14-25)24-21(28)18-9-11-26(12-10-18)20-8-7-19(22-23-20)17-5-3-2-4-6-17/h2-8,18H,9-16H2,1H3,(H,24,28). The van der Waals surface area contributed by atoms with Crippen molar-refractivity contribution in [1.29, 1.82) is 0 Å². The van der Waals surface area contributed by atoms with Crippen molar-refractivity contribution in [2.75, 3.05) is 51.2 Å². The molecule has 28 heavy (non-hydrogen) atoms. The van der Waals surface area contributed by atoms with Crippen molar-refractivity contribution in [2.24, 2.45) is 5.92 Å². The first-order valence-corrected chi connectivity index (χ1v) is 10.1. The van der Waals surface area contributed by atoms with Crippen LogP contribution in [-0.4, -0.2) is 72.3 Å². The number of piperidine rings is 1. The lowest BCUT2D eigenvalue weighted by molar-refractivity contribution is -0.131. The largest absolute Gasteiger partial charge is 0.355 e. The SMILES string of the molecule is CN1CCN(NC(=O)C2CCN(c3ccc(-c4ccccc4)nn3)CC2)CC1. The summed E-state index contributed by atoms with van der Waals surface area (Å²) >= 11 is 0. The molecule has 3 heterocycles. The van der Waals surface area contributed by atoms with Gasteiger partial charge in [0, 0.05) is 50.7 Å². The molecular formula is C21H28N6O. The van der Waals surface area contributed by atoms with Gasteiger partial charge in [-0.1, -0.05) is 30.3 Å². The average molecular weight is 380 g/mol. The number of nitrogens with one attached hydrogen (secondary N) is 1. The summed E-state index contributed by atoms with van der Waals surface area (Å²) in [5, 5.41) is 10.8. The topological polar surface area (TPSA) is 64.6 Å². The molecular weight excluding hydrogens is 352 g/mol. The number of hydrazine groups is 1. The fourth-order valence-corrected chi connectivity index (χ4v) is 3.79. The molecule has 1 N–H and O–H groups in total. The minimum Gasteiger partial charge on any atom is -0.355 e. The Bertz CT molecular complexity index is 765. The van der Waals surface area contributed by atoms with E-state index in [9.17, 15) is 4.79 Å². The van der Waals surface area contributed by atoms with Crippen molar-refractivity contribution in [1.82, 2.24) is 25.5 Å². The van der Waals surface area contributed by atoms with Crippen LogP contribution in [0.25, 0.3) is 11.3 Å². The van der Waals surface area contributed by atoms with Crippen LogP contribution in [0.4, 0.5) is 5.82 Å². The average Bonchev–Trinajstić information content (AvgIpc) is 2.76. The Morgan fingerprint density at radius 1 is 0.929 bits per heavy atom. The van der Waals surface area contributed by atoms with Crippen molar-refractivity contribution in [3.8, 4) is 11.3 Å². The molecule has 2 aliphatic heterocycles. The number of piperazine rings is 1. The number of rotatable bonds is 4. The smallest absolute Gasteiger partial charge is 0.237 e. The van der Waals surface area contributed by atoms with Gasteiger partial charge in [-0.2, -0.15) is 0 Å². The molecule has 2 aromatic rings. The predicted octanol–water partition coefficient (Wildman–Crippen LogP) is 1.64. The van der Waals surface area contributed by atoms with Gasteiger partial charge in [-0.25, -0.2) is 5.01 Å². The van der Waals surface area contributed by atoms with E-state index in [0.29, 0.717) is 0 Å². The van der Waals surface area contributed by atoms with Crippen LogP contribution >= 0.6 is 0 Å². The van der Waals surface area contributed by atoms with Crippen LogP contribution in [0.2, 0.25) is 0 Å². The first-order chi connectivity index (χ1) is 13.7. The monoisotopic (exact) mass is 380 g/mol. The van der Waals surface area contributed by atoms with Crippen LogP contribution in [0.15, 0.2) is 42.5 Å². The van der Waals surface area contributed by atoms with Crippen LogP contribution in [0.3, 0.4) is 0 Å². The molecule has 1 aromatic carbocycles. The quantitative estimate of drug-likeness (QED) is 0.870. The first kappa shape index (κ1) is 18.8. The zero-order valence-electron chi connectivity index (χ0n) is 16.4. The van der Waals surface area contributed by atoms with E-state index in [1.54, 1.807) is 0 Å². The van der Waals surface area contributed by atoms with Gasteiger partial charge >= 0.3 is 0 Å². The Balaban J connectivity index is 1.28. The van der Waals surface area contributed by atoms with Crippen molar-refractivity contribution in [2.45, 2.75) is 12.8 Å². The molecule has 0 atom stereocenters. The maximum atomic E-state index is 12.6. The lowest BCUT2D eigenvalue weighted by atomic mass is 9.96. The van der Waals surface area contributed by atoms with Gasteiger partial charge in [-0.3, -0.25) is 10.2 Å². The summed E-state index contributed by atoms with van der Waals surface area (Å²) in [5.74, 6) is 1.12. The molecule has 0 radical (unpaired) electrons. The lowest BCUT2D eigenvalue weighted by Gasteiger charge is -2.35. The number of hydrogen-bond acceptors (Lipinski definition) is 6. The summed E-state index contributed by atoms with van der Waals surface area (Å²) in [6.45, 7) is 5.45. The molecule has 2 fully saturated rings. The highest BCUT2D eigenvalue weighted by Gasteiger charge is 2.27. The highest BCUT2D eigenvalue weighted by atomic mass is 16.2. The van der Waals surface area contributed by atoms with Gasteiger partial charge in [0.15, 0.2) is 5.82 Å². The third-order valence-electron chi connectivity index (χ3n) is 5.68. The van der Waals surface area contributed by atoms with Crippen molar-refractivity contribution in [3.63, 3.8) is 0 Å². The van der Waals surface area contributed by atoms with Crippen LogP contribution in [-0.2, 0) is 4.79 Å². The van der Waals surface area contributed by atoms with Crippen LogP contribution < -0.4 is 10.3 Å². The zero-order valence-corrected chi connectivity index (χ0v) is 16.4. The number of hydrogen-bond donors (Lipinski definition) is 1. The minimum atomic E-state index is 0.0763. The fraction of sp³-hybridized carbons (Fsp3) is 0.476. The highest BCUT2D eigenvalue weighted by Crippen LogP contribution is 2.23. The molecule has 2 aliphatic rings. The maximum Gasteiger partial charge on any atom is 0.237 e. The second-order valence-corrected chi connectivity index (χ2v) is 7.67. The summed E-state index contributed by atoms with van der Waals surface area (Å²) in [5.41, 5.74) is 5.06. The Hall–Kier alpha value is -2.51. The number of anilines is 1. The van der Waals surface area contributed by atoms with E-state index in [1.807, 2.05) is 42.5 Å². The van der Waals surface area contributed by atoms with E-state index in [4.69, 9.17) is 0 Å². The molecule has 0 saturated carbocycles. The molecule has 0 bridgehead atoms. The summed E-state index contributed by atoms with van der Waals surface area (Å²) in [7, 11) is 2.12. The van der Waals surface area contributed by atoms with Gasteiger partial charge in [-0.15, -0.1) is 10.2 Å². The van der Waals surface area contributed by atoms with Gasteiger partial charge in [0.25, 0.3) is 0 Å². The highest BCUT2D eigenvalue weighted by molar-refractivity contribution is 5.78. The molecule has 1 amide bonds. The number of aromatic nitrogens is 2. The molecule has 7 nitrogen and oxygen atoms in total. The number of amides is 1. The van der Waals surface area contributed by atoms with Crippen LogP contribution in [0.5, 0.6) is 0 Å². The van der Waals surface area contributed by atoms with Gasteiger partial charge in [0.1, 0.15) is 0 Å². The molecule has 0 aliphatic carbocycles. The van der Waals surface area contributed by atoms with Crippen LogP contribution in [0, 0.1) is 5.92 Å². The summed E-state index contributed by atoms with van der Waals surface area (Å²) in [6, 6.07) is 14.1. The number of carbonyl (C=O) groups excluding carboxylic acids is 1. The number of likely N-dealkylation sites (N-methyl/N-ethyl adjacent to an activating group) is 1. The summed E-state index contributed by atoms with van der Waals surface area (Å²) < 4.78 is 0. The van der Waals surface area contributed by atoms with E-state index in [0.717, 1.165) is 69.2 Å². The van der Waals surface area contributed by atoms with Gasteiger partial charge in [0.2, 0.25) is 5.91 Å². The Labute approximate surface area is 166 Å². The first-order valence-electron chi connectivity index (χ1n) is 10.1. The molecule has 2 saturated heterocycles. The fourth-order valence-electron chi connectivity index (χ4n) is 3.79. The van der Waals surface area contributed by atoms with E-state index in [-0.39, 0.29) is 11.8 Å². The van der Waals surface area contributed by atoms with Crippen molar-refractivity contribution < 1.29 is 4.79 Å². The summed E-state index contributed by atoms with van der Waals surface area (Å²) in [4.78, 5) is 17.1. The number of benzene rings is 1. The minimum absolute atomic E-state index is 0.0763. The third-order valence-corrected chi connectivity index (χ3v) is 5.68. The number of nitrogens with zero attached hydrogens (tertiary/aromatic N) is 5. The summed E-state index contributed by atoms with van der Waals surface area (Å²) in [6.07, 6.45) is 1.70. The normalized spacial score (nSPS) is 19.5. The third kappa shape index (κ3) is 4.48. The van der Waals surface area contributed by atoms with Crippen molar-refractivity contribution >= 4 is 11.7 Å². The second kappa shape index (κ2) is 8.67.